The highest BCUT2D eigenvalue weighted by molar-refractivity contribution is 7.16. The molecule has 8 nitrogen and oxygen atoms in total. The van der Waals surface area contributed by atoms with E-state index in [4.69, 9.17) is 4.74 Å². The first kappa shape index (κ1) is 20.9. The maximum Gasteiger partial charge on any atom is 0.337 e. The summed E-state index contributed by atoms with van der Waals surface area (Å²) in [5.74, 6) is -0.964. The molecule has 1 heterocycles. The number of esters is 1. The monoisotopic (exact) mass is 423 g/mol. The van der Waals surface area contributed by atoms with E-state index in [0.29, 0.717) is 22.5 Å². The van der Waals surface area contributed by atoms with E-state index in [1.165, 1.54) is 42.7 Å². The summed E-state index contributed by atoms with van der Waals surface area (Å²) in [5, 5.41) is 10.9. The number of fused-ring (bicyclic) bond motifs is 1. The first-order valence-electron chi connectivity index (χ1n) is 8.76. The van der Waals surface area contributed by atoms with Gasteiger partial charge in [-0.3, -0.25) is 14.9 Å². The molecule has 3 aromatic rings. The van der Waals surface area contributed by atoms with Crippen molar-refractivity contribution in [2.45, 2.75) is 6.54 Å². The average molecular weight is 423 g/mol. The van der Waals surface area contributed by atoms with Gasteiger partial charge >= 0.3 is 5.97 Å². The molecule has 152 valence electrons. The number of thiazole rings is 1. The second-order valence-corrected chi connectivity index (χ2v) is 7.10. The lowest BCUT2D eigenvalue weighted by Crippen LogP contribution is -2.15. The zero-order chi connectivity index (χ0) is 21.7. The van der Waals surface area contributed by atoms with E-state index in [2.05, 4.69) is 11.6 Å². The fourth-order valence-electron chi connectivity index (χ4n) is 2.75. The number of amides is 1. The van der Waals surface area contributed by atoms with E-state index in [1.807, 2.05) is 4.57 Å². The number of aromatic nitrogens is 1. The van der Waals surface area contributed by atoms with E-state index < -0.39 is 16.8 Å². The molecule has 2 aromatic carbocycles. The molecular formula is C21H17N3O5S. The Kier molecular flexibility index (Phi) is 6.33. The number of carbonyl (C=O) groups is 2. The largest absolute Gasteiger partial charge is 0.465 e. The van der Waals surface area contributed by atoms with Crippen molar-refractivity contribution in [2.75, 3.05) is 7.11 Å². The van der Waals surface area contributed by atoms with Gasteiger partial charge in [0.15, 0.2) is 4.80 Å². The molecule has 30 heavy (non-hydrogen) atoms. The second kappa shape index (κ2) is 9.10. The summed E-state index contributed by atoms with van der Waals surface area (Å²) >= 11 is 1.26. The third-order valence-electron chi connectivity index (χ3n) is 4.12. The molecule has 0 bridgehead atoms. The summed E-state index contributed by atoms with van der Waals surface area (Å²) in [4.78, 5) is 39.1. The molecule has 0 aliphatic carbocycles. The molecule has 0 N–H and O–H groups in total. The standard InChI is InChI=1S/C21H17N3O5S/c1-3-11-23-17-9-8-15(20(26)29-2)13-18(17)30-21(23)22-19(25)10-7-14-5-4-6-16(12-14)24(27)28/h3-10,12-13H,1,11H2,2H3. The molecule has 0 aliphatic heterocycles. The van der Waals surface area contributed by atoms with Crippen molar-refractivity contribution in [1.82, 2.24) is 4.57 Å². The SMILES string of the molecule is C=CCn1c(=NC(=O)C=Cc2cccc([N+](=O)[O-])c2)sc2cc(C(=O)OC)ccc21. The second-order valence-electron chi connectivity index (χ2n) is 6.09. The lowest BCUT2D eigenvalue weighted by Gasteiger charge is -2.02. The molecule has 1 amide bonds. The van der Waals surface area contributed by atoms with Gasteiger partial charge in [-0.1, -0.05) is 29.5 Å². The molecular weight excluding hydrogens is 406 g/mol. The quantitative estimate of drug-likeness (QED) is 0.198. The van der Waals surface area contributed by atoms with E-state index in [0.717, 1.165) is 10.2 Å². The van der Waals surface area contributed by atoms with Crippen LogP contribution < -0.4 is 4.80 Å². The van der Waals surface area contributed by atoms with E-state index >= 15 is 0 Å². The summed E-state index contributed by atoms with van der Waals surface area (Å²) < 4.78 is 7.33. The highest BCUT2D eigenvalue weighted by atomic mass is 32.1. The topological polar surface area (TPSA) is 104 Å². The molecule has 0 fully saturated rings. The molecule has 0 aliphatic rings. The lowest BCUT2D eigenvalue weighted by molar-refractivity contribution is -0.384. The van der Waals surface area contributed by atoms with Crippen LogP contribution in [0.2, 0.25) is 0 Å². The Morgan fingerprint density at radius 1 is 1.30 bits per heavy atom. The van der Waals surface area contributed by atoms with Crippen LogP contribution in [-0.2, 0) is 16.1 Å². The van der Waals surface area contributed by atoms with Gasteiger partial charge in [-0.05, 0) is 29.8 Å². The summed E-state index contributed by atoms with van der Waals surface area (Å²) in [6.45, 7) is 4.16. The fraction of sp³-hybridized carbons (Fsp3) is 0.0952. The van der Waals surface area contributed by atoms with Crippen molar-refractivity contribution in [3.63, 3.8) is 0 Å². The first-order chi connectivity index (χ1) is 14.4. The zero-order valence-electron chi connectivity index (χ0n) is 16.0. The van der Waals surface area contributed by atoms with Crippen molar-refractivity contribution >= 4 is 45.2 Å². The molecule has 0 unspecified atom stereocenters. The van der Waals surface area contributed by atoms with Gasteiger partial charge in [0.25, 0.3) is 11.6 Å². The van der Waals surface area contributed by atoms with Crippen molar-refractivity contribution in [1.29, 1.82) is 0 Å². The third-order valence-corrected chi connectivity index (χ3v) is 5.16. The van der Waals surface area contributed by atoms with E-state index in [9.17, 15) is 19.7 Å². The fourth-order valence-corrected chi connectivity index (χ4v) is 3.83. The van der Waals surface area contributed by atoms with Crippen LogP contribution in [0.3, 0.4) is 0 Å². The number of allylic oxidation sites excluding steroid dienone is 1. The first-order valence-corrected chi connectivity index (χ1v) is 9.58. The summed E-state index contributed by atoms with van der Waals surface area (Å²) in [6.07, 6.45) is 4.41. The van der Waals surface area contributed by atoms with Gasteiger partial charge in [-0.2, -0.15) is 4.99 Å². The molecule has 0 saturated carbocycles. The number of methoxy groups -OCH3 is 1. The van der Waals surface area contributed by atoms with Gasteiger partial charge in [-0.15, -0.1) is 6.58 Å². The van der Waals surface area contributed by atoms with Crippen LogP contribution in [-0.4, -0.2) is 28.5 Å². The number of non-ortho nitro benzene ring substituents is 1. The third kappa shape index (κ3) is 4.58. The Morgan fingerprint density at radius 2 is 2.10 bits per heavy atom. The number of carbonyl (C=O) groups excluding carboxylic acids is 2. The highest BCUT2D eigenvalue weighted by Crippen LogP contribution is 2.20. The van der Waals surface area contributed by atoms with Gasteiger partial charge in [0.05, 0.1) is 27.8 Å². The number of nitro benzene ring substituents is 1. The van der Waals surface area contributed by atoms with Gasteiger partial charge < -0.3 is 9.30 Å². The maximum absolute atomic E-state index is 12.4. The van der Waals surface area contributed by atoms with Crippen LogP contribution >= 0.6 is 11.3 Å². The minimum atomic E-state index is -0.515. The van der Waals surface area contributed by atoms with Gasteiger partial charge in [0, 0.05) is 24.8 Å². The van der Waals surface area contributed by atoms with Crippen molar-refractivity contribution in [2.24, 2.45) is 4.99 Å². The predicted octanol–water partition coefficient (Wildman–Crippen LogP) is 3.72. The van der Waals surface area contributed by atoms with Crippen LogP contribution in [0.5, 0.6) is 0 Å². The Morgan fingerprint density at radius 3 is 2.80 bits per heavy atom. The molecule has 9 heteroatoms. The highest BCUT2D eigenvalue weighted by Gasteiger charge is 2.11. The normalized spacial score (nSPS) is 11.7. The molecule has 0 spiro atoms. The number of nitrogens with zero attached hydrogens (tertiary/aromatic N) is 3. The summed E-state index contributed by atoms with van der Waals surface area (Å²) in [6, 6.07) is 11.0. The minimum Gasteiger partial charge on any atom is -0.465 e. The number of benzene rings is 2. The smallest absolute Gasteiger partial charge is 0.337 e. The maximum atomic E-state index is 12.4. The zero-order valence-corrected chi connectivity index (χ0v) is 16.8. The van der Waals surface area contributed by atoms with Crippen LogP contribution in [0.1, 0.15) is 15.9 Å². The number of nitro groups is 1. The van der Waals surface area contributed by atoms with Crippen molar-refractivity contribution in [3.8, 4) is 0 Å². The van der Waals surface area contributed by atoms with Crippen LogP contribution in [0.4, 0.5) is 5.69 Å². The number of rotatable bonds is 6. The lowest BCUT2D eigenvalue weighted by atomic mass is 10.2. The molecule has 0 radical (unpaired) electrons. The van der Waals surface area contributed by atoms with Crippen LogP contribution in [0.15, 0.2) is 66.2 Å². The van der Waals surface area contributed by atoms with Gasteiger partial charge in [0.2, 0.25) is 0 Å². The minimum absolute atomic E-state index is 0.0590. The Labute approximate surface area is 175 Å². The van der Waals surface area contributed by atoms with E-state index in [-0.39, 0.29) is 5.69 Å². The van der Waals surface area contributed by atoms with Crippen LogP contribution in [0, 0.1) is 10.1 Å². The van der Waals surface area contributed by atoms with Gasteiger partial charge in [-0.25, -0.2) is 4.79 Å². The summed E-state index contributed by atoms with van der Waals surface area (Å²) in [7, 11) is 1.31. The van der Waals surface area contributed by atoms with Crippen LogP contribution in [0.25, 0.3) is 16.3 Å². The number of ether oxygens (including phenoxy) is 1. The Balaban J connectivity index is 1.97. The Hall–Kier alpha value is -3.85. The van der Waals surface area contributed by atoms with Crippen molar-refractivity contribution < 1.29 is 19.2 Å². The van der Waals surface area contributed by atoms with Gasteiger partial charge in [0.1, 0.15) is 0 Å². The molecule has 0 saturated heterocycles. The number of hydrogen-bond donors (Lipinski definition) is 0. The molecule has 3 rings (SSSR count). The number of hydrogen-bond acceptors (Lipinski definition) is 6. The predicted molar refractivity (Wildman–Crippen MR) is 114 cm³/mol. The summed E-state index contributed by atoms with van der Waals surface area (Å²) in [5.41, 5.74) is 1.67. The average Bonchev–Trinajstić information content (AvgIpc) is 3.08. The van der Waals surface area contributed by atoms with Crippen molar-refractivity contribution in [3.05, 3.63) is 87.2 Å². The molecule has 0 atom stereocenters. The Bertz CT molecular complexity index is 1250. The van der Waals surface area contributed by atoms with E-state index in [1.54, 1.807) is 36.4 Å². The molecule has 1 aromatic heterocycles.